The highest BCUT2D eigenvalue weighted by Crippen LogP contribution is 2.24. The van der Waals surface area contributed by atoms with Crippen molar-refractivity contribution in [2.24, 2.45) is 0 Å². The fraction of sp³-hybridized carbons (Fsp3) is 0.348. The van der Waals surface area contributed by atoms with E-state index in [0.717, 1.165) is 22.4 Å². The molecule has 1 saturated heterocycles. The van der Waals surface area contributed by atoms with Crippen LogP contribution in [0.4, 0.5) is 0 Å². The predicted molar refractivity (Wildman–Crippen MR) is 115 cm³/mol. The zero-order valence-corrected chi connectivity index (χ0v) is 17.6. The molecule has 0 unspecified atom stereocenters. The van der Waals surface area contributed by atoms with Gasteiger partial charge in [-0.3, -0.25) is 4.79 Å². The van der Waals surface area contributed by atoms with Crippen LogP contribution in [0.1, 0.15) is 33.6 Å². The zero-order chi connectivity index (χ0) is 21.8. The van der Waals surface area contributed by atoms with E-state index >= 15 is 0 Å². The summed E-state index contributed by atoms with van der Waals surface area (Å²) in [6, 6.07) is 11.3. The molecule has 162 valence electrons. The molecular weight excluding hydrogens is 396 g/mol. The Hall–Kier alpha value is -3.23. The van der Waals surface area contributed by atoms with Crippen LogP contribution in [0.5, 0.6) is 5.88 Å². The number of hydrogen-bond donors (Lipinski definition) is 2. The summed E-state index contributed by atoms with van der Waals surface area (Å²) in [4.78, 5) is 17.2. The van der Waals surface area contributed by atoms with Crippen LogP contribution >= 0.6 is 0 Å². The molecule has 0 spiro atoms. The Balaban J connectivity index is 1.55. The molecule has 2 N–H and O–H groups in total. The van der Waals surface area contributed by atoms with Gasteiger partial charge in [-0.2, -0.15) is 5.10 Å². The number of amides is 1. The highest BCUT2D eigenvalue weighted by Gasteiger charge is 2.26. The highest BCUT2D eigenvalue weighted by molar-refractivity contribution is 5.93. The van der Waals surface area contributed by atoms with Gasteiger partial charge in [0.25, 0.3) is 5.91 Å². The van der Waals surface area contributed by atoms with Crippen LogP contribution in [0.25, 0.3) is 5.69 Å². The first-order chi connectivity index (χ1) is 15.0. The summed E-state index contributed by atoms with van der Waals surface area (Å²) in [5.74, 6) is 0.0550. The van der Waals surface area contributed by atoms with Gasteiger partial charge in [0.1, 0.15) is 5.69 Å². The third-order valence-corrected chi connectivity index (χ3v) is 5.50. The smallest absolute Gasteiger partial charge is 0.270 e. The molecule has 0 bridgehead atoms. The number of aliphatic hydroxyl groups excluding tert-OH is 1. The first kappa shape index (κ1) is 21.0. The summed E-state index contributed by atoms with van der Waals surface area (Å²) in [7, 11) is 1.54. The fourth-order valence-corrected chi connectivity index (χ4v) is 3.65. The molecule has 0 saturated carbocycles. The summed E-state index contributed by atoms with van der Waals surface area (Å²) in [6.07, 6.45) is 4.13. The number of carbonyl (C=O) groups is 1. The Morgan fingerprint density at radius 3 is 2.84 bits per heavy atom. The van der Waals surface area contributed by atoms with E-state index in [-0.39, 0.29) is 18.2 Å². The molecular formula is C23H26N4O4. The van der Waals surface area contributed by atoms with Gasteiger partial charge in [0.15, 0.2) is 0 Å². The number of ether oxygens (including phenoxy) is 2. The fourth-order valence-electron chi connectivity index (χ4n) is 3.65. The first-order valence-corrected chi connectivity index (χ1v) is 10.3. The summed E-state index contributed by atoms with van der Waals surface area (Å²) >= 11 is 0. The van der Waals surface area contributed by atoms with Crippen molar-refractivity contribution in [3.8, 4) is 11.6 Å². The van der Waals surface area contributed by atoms with E-state index in [9.17, 15) is 9.90 Å². The topological polar surface area (TPSA) is 98.5 Å². The monoisotopic (exact) mass is 422 g/mol. The van der Waals surface area contributed by atoms with Gasteiger partial charge in [0, 0.05) is 24.6 Å². The maximum atomic E-state index is 12.8. The maximum absolute atomic E-state index is 12.8. The number of nitrogens with one attached hydrogen (secondary N) is 1. The van der Waals surface area contributed by atoms with E-state index in [2.05, 4.69) is 15.4 Å². The molecule has 0 aliphatic carbocycles. The lowest BCUT2D eigenvalue weighted by molar-refractivity contribution is -0.0140. The third kappa shape index (κ3) is 4.76. The second-order valence-electron chi connectivity index (χ2n) is 7.61. The van der Waals surface area contributed by atoms with Gasteiger partial charge < -0.3 is 19.9 Å². The molecule has 31 heavy (non-hydrogen) atoms. The molecule has 4 rings (SSSR count). The number of methoxy groups -OCH3 is 1. The molecule has 8 nitrogen and oxygen atoms in total. The van der Waals surface area contributed by atoms with Gasteiger partial charge in [-0.25, -0.2) is 9.67 Å². The van der Waals surface area contributed by atoms with Crippen LogP contribution in [0.3, 0.4) is 0 Å². The van der Waals surface area contributed by atoms with Crippen molar-refractivity contribution in [2.75, 3.05) is 20.3 Å². The number of aromatic nitrogens is 3. The van der Waals surface area contributed by atoms with Crippen LogP contribution in [-0.4, -0.2) is 58.2 Å². The molecule has 1 aliphatic rings. The zero-order valence-electron chi connectivity index (χ0n) is 17.6. The van der Waals surface area contributed by atoms with Crippen molar-refractivity contribution in [2.45, 2.75) is 31.9 Å². The largest absolute Gasteiger partial charge is 0.481 e. The Morgan fingerprint density at radius 1 is 1.35 bits per heavy atom. The lowest BCUT2D eigenvalue weighted by Crippen LogP contribution is -2.49. The minimum absolute atomic E-state index is 0.253. The minimum atomic E-state index is -0.627. The standard InChI is InChI=1S/C23H26N4O4/c1-15-17(12-16-4-6-18(7-5-16)27-10-3-9-24-27)13-19(26-23(15)30-2)22(29)25-20-14-31-11-8-21(20)28/h3-7,9-10,13,20-21,28H,8,11-12,14H2,1-2H3,(H,25,29)/t20-,21-/m0/s1. The average Bonchev–Trinajstić information content (AvgIpc) is 3.32. The van der Waals surface area contributed by atoms with Gasteiger partial charge in [-0.1, -0.05) is 12.1 Å². The van der Waals surface area contributed by atoms with Crippen molar-refractivity contribution in [3.05, 3.63) is 71.2 Å². The lowest BCUT2D eigenvalue weighted by Gasteiger charge is -2.28. The molecule has 0 radical (unpaired) electrons. The first-order valence-electron chi connectivity index (χ1n) is 10.3. The van der Waals surface area contributed by atoms with Crippen LogP contribution in [-0.2, 0) is 11.2 Å². The number of aliphatic hydroxyl groups is 1. The lowest BCUT2D eigenvalue weighted by atomic mass is 10.00. The number of pyridine rings is 1. The van der Waals surface area contributed by atoms with Gasteiger partial charge in [-0.15, -0.1) is 0 Å². The quantitative estimate of drug-likeness (QED) is 0.631. The van der Waals surface area contributed by atoms with Crippen molar-refractivity contribution in [1.29, 1.82) is 0 Å². The SMILES string of the molecule is COc1nc(C(=O)N[C@H]2COCC[C@@H]2O)cc(Cc2ccc(-n3cccn3)cc2)c1C. The van der Waals surface area contributed by atoms with Crippen LogP contribution in [0, 0.1) is 6.92 Å². The molecule has 3 aromatic rings. The summed E-state index contributed by atoms with van der Waals surface area (Å²) in [6.45, 7) is 2.71. The molecule has 8 heteroatoms. The van der Waals surface area contributed by atoms with E-state index in [1.165, 1.54) is 0 Å². The predicted octanol–water partition coefficient (Wildman–Crippen LogP) is 2.05. The number of benzene rings is 1. The minimum Gasteiger partial charge on any atom is -0.481 e. The Bertz CT molecular complexity index is 1030. The second-order valence-corrected chi connectivity index (χ2v) is 7.61. The Morgan fingerprint density at radius 2 is 2.16 bits per heavy atom. The number of carbonyl (C=O) groups excluding carboxylic acids is 1. The van der Waals surface area contributed by atoms with Crippen LogP contribution in [0.2, 0.25) is 0 Å². The second kappa shape index (κ2) is 9.28. The molecule has 3 heterocycles. The van der Waals surface area contributed by atoms with E-state index < -0.39 is 12.1 Å². The maximum Gasteiger partial charge on any atom is 0.270 e. The van der Waals surface area contributed by atoms with Crippen LogP contribution < -0.4 is 10.1 Å². The normalized spacial score (nSPS) is 18.5. The molecule has 2 atom stereocenters. The Labute approximate surface area is 180 Å². The van der Waals surface area contributed by atoms with Gasteiger partial charge in [-0.05, 0) is 55.2 Å². The van der Waals surface area contributed by atoms with Gasteiger partial charge in [0.2, 0.25) is 5.88 Å². The summed E-state index contributed by atoms with van der Waals surface area (Å²) in [5.41, 5.74) is 4.16. The van der Waals surface area contributed by atoms with E-state index in [4.69, 9.17) is 9.47 Å². The Kier molecular flexibility index (Phi) is 6.29. The van der Waals surface area contributed by atoms with Crippen molar-refractivity contribution in [1.82, 2.24) is 20.1 Å². The summed E-state index contributed by atoms with van der Waals surface area (Å²) in [5, 5.41) is 17.2. The van der Waals surface area contributed by atoms with E-state index in [0.29, 0.717) is 25.3 Å². The van der Waals surface area contributed by atoms with Crippen molar-refractivity contribution < 1.29 is 19.4 Å². The van der Waals surface area contributed by atoms with Crippen molar-refractivity contribution in [3.63, 3.8) is 0 Å². The van der Waals surface area contributed by atoms with E-state index in [1.807, 2.05) is 43.5 Å². The molecule has 2 aromatic heterocycles. The third-order valence-electron chi connectivity index (χ3n) is 5.50. The van der Waals surface area contributed by atoms with Crippen molar-refractivity contribution >= 4 is 5.91 Å². The number of hydrogen-bond acceptors (Lipinski definition) is 6. The molecule has 1 aromatic carbocycles. The average molecular weight is 422 g/mol. The molecule has 1 amide bonds. The molecule has 1 fully saturated rings. The van der Waals surface area contributed by atoms with Crippen LogP contribution in [0.15, 0.2) is 48.8 Å². The summed E-state index contributed by atoms with van der Waals surface area (Å²) < 4.78 is 12.6. The number of nitrogens with zero attached hydrogens (tertiary/aromatic N) is 3. The molecule has 1 aliphatic heterocycles. The highest BCUT2D eigenvalue weighted by atomic mass is 16.5. The van der Waals surface area contributed by atoms with Gasteiger partial charge >= 0.3 is 0 Å². The van der Waals surface area contributed by atoms with Gasteiger partial charge in [0.05, 0.1) is 31.5 Å². The number of rotatable bonds is 6. The van der Waals surface area contributed by atoms with E-state index in [1.54, 1.807) is 24.1 Å².